The monoisotopic (exact) mass is 213 g/mol. The molecule has 15 heavy (non-hydrogen) atoms. The molecule has 1 fully saturated rings. The number of ether oxygens (including phenoxy) is 1. The Labute approximate surface area is 92.5 Å². The van der Waals surface area contributed by atoms with Crippen LogP contribution < -0.4 is 10.6 Å². The summed E-state index contributed by atoms with van der Waals surface area (Å²) < 4.78 is 5.67. The zero-order chi connectivity index (χ0) is 11.5. The number of nitrogens with one attached hydrogen (secondary N) is 2. The first-order chi connectivity index (χ1) is 7.06. The van der Waals surface area contributed by atoms with E-state index in [1.165, 1.54) is 0 Å². The molecule has 0 aromatic rings. The summed E-state index contributed by atoms with van der Waals surface area (Å²) in [5.41, 5.74) is 0.183. The molecular formula is C11H23N3O. The van der Waals surface area contributed by atoms with Crippen molar-refractivity contribution in [2.45, 2.75) is 39.3 Å². The van der Waals surface area contributed by atoms with E-state index in [1.54, 1.807) is 7.05 Å². The minimum atomic E-state index is 0.183. The maximum atomic E-state index is 5.67. The van der Waals surface area contributed by atoms with Crippen LogP contribution in [0, 0.1) is 5.41 Å². The molecule has 1 rings (SSSR count). The molecular weight excluding hydrogens is 190 g/mol. The van der Waals surface area contributed by atoms with Crippen molar-refractivity contribution in [3.63, 3.8) is 0 Å². The van der Waals surface area contributed by atoms with Crippen molar-refractivity contribution in [1.29, 1.82) is 0 Å². The highest BCUT2D eigenvalue weighted by atomic mass is 16.5. The highest BCUT2D eigenvalue weighted by Crippen LogP contribution is 2.42. The van der Waals surface area contributed by atoms with Crippen molar-refractivity contribution in [3.05, 3.63) is 0 Å². The zero-order valence-electron chi connectivity index (χ0n) is 10.4. The van der Waals surface area contributed by atoms with Gasteiger partial charge in [-0.05, 0) is 13.3 Å². The van der Waals surface area contributed by atoms with Crippen molar-refractivity contribution in [3.8, 4) is 0 Å². The van der Waals surface area contributed by atoms with Crippen molar-refractivity contribution in [1.82, 2.24) is 10.6 Å². The highest BCUT2D eigenvalue weighted by Gasteiger charge is 2.49. The molecule has 2 unspecified atom stereocenters. The molecule has 0 aliphatic heterocycles. The van der Waals surface area contributed by atoms with E-state index in [2.05, 4.69) is 29.5 Å². The van der Waals surface area contributed by atoms with E-state index in [-0.39, 0.29) is 5.41 Å². The van der Waals surface area contributed by atoms with E-state index in [4.69, 9.17) is 4.74 Å². The van der Waals surface area contributed by atoms with Crippen molar-refractivity contribution in [2.75, 3.05) is 20.7 Å². The van der Waals surface area contributed by atoms with E-state index >= 15 is 0 Å². The van der Waals surface area contributed by atoms with E-state index in [1.807, 2.05) is 14.0 Å². The molecule has 0 radical (unpaired) electrons. The Morgan fingerprint density at radius 1 is 1.53 bits per heavy atom. The van der Waals surface area contributed by atoms with Crippen LogP contribution in [0.5, 0.6) is 0 Å². The fourth-order valence-corrected chi connectivity index (χ4v) is 2.03. The van der Waals surface area contributed by atoms with Crippen molar-refractivity contribution < 1.29 is 4.74 Å². The van der Waals surface area contributed by atoms with E-state index in [9.17, 15) is 0 Å². The standard InChI is InChI=1S/C11H23N3O/c1-6-15-9-7-8(11(9,2)3)14-10(12-4)13-5/h8-9H,6-7H2,1-5H3,(H2,12,13,14). The van der Waals surface area contributed by atoms with Gasteiger partial charge in [-0.2, -0.15) is 0 Å². The molecule has 4 nitrogen and oxygen atoms in total. The number of aliphatic imine (C=N–C) groups is 1. The first kappa shape index (κ1) is 12.3. The molecule has 0 saturated heterocycles. The quantitative estimate of drug-likeness (QED) is 0.543. The second kappa shape index (κ2) is 4.84. The number of rotatable bonds is 3. The maximum absolute atomic E-state index is 5.67. The molecule has 0 aromatic carbocycles. The lowest BCUT2D eigenvalue weighted by Crippen LogP contribution is -2.63. The predicted octanol–water partition coefficient (Wildman–Crippen LogP) is 0.985. The van der Waals surface area contributed by atoms with Crippen LogP contribution in [-0.4, -0.2) is 38.8 Å². The van der Waals surface area contributed by atoms with Crippen LogP contribution in [0.4, 0.5) is 0 Å². The molecule has 1 saturated carbocycles. The summed E-state index contributed by atoms with van der Waals surface area (Å²) in [5.74, 6) is 0.850. The Morgan fingerprint density at radius 2 is 2.20 bits per heavy atom. The molecule has 88 valence electrons. The molecule has 0 aromatic heterocycles. The lowest BCUT2D eigenvalue weighted by molar-refractivity contribution is -0.109. The molecule has 0 spiro atoms. The van der Waals surface area contributed by atoms with Gasteiger partial charge in [0.2, 0.25) is 0 Å². The highest BCUT2D eigenvalue weighted by molar-refractivity contribution is 5.79. The molecule has 2 atom stereocenters. The van der Waals surface area contributed by atoms with Gasteiger partial charge in [0, 0.05) is 32.2 Å². The number of hydrogen-bond donors (Lipinski definition) is 2. The molecule has 2 N–H and O–H groups in total. The second-order valence-electron chi connectivity index (χ2n) is 4.52. The third kappa shape index (κ3) is 2.43. The van der Waals surface area contributed by atoms with Crippen LogP contribution in [0.3, 0.4) is 0 Å². The molecule has 1 aliphatic carbocycles. The summed E-state index contributed by atoms with van der Waals surface area (Å²) in [7, 11) is 3.66. The van der Waals surface area contributed by atoms with Gasteiger partial charge >= 0.3 is 0 Å². The Bertz CT molecular complexity index is 238. The third-order valence-electron chi connectivity index (χ3n) is 3.32. The van der Waals surface area contributed by atoms with Gasteiger partial charge in [0.1, 0.15) is 0 Å². The van der Waals surface area contributed by atoms with Gasteiger partial charge in [-0.1, -0.05) is 13.8 Å². The second-order valence-corrected chi connectivity index (χ2v) is 4.52. The van der Waals surface area contributed by atoms with Crippen LogP contribution in [0.15, 0.2) is 4.99 Å². The summed E-state index contributed by atoms with van der Waals surface area (Å²) >= 11 is 0. The number of hydrogen-bond acceptors (Lipinski definition) is 2. The van der Waals surface area contributed by atoms with Crippen molar-refractivity contribution in [2.24, 2.45) is 10.4 Å². The summed E-state index contributed by atoms with van der Waals surface area (Å²) in [6, 6.07) is 0.445. The third-order valence-corrected chi connectivity index (χ3v) is 3.32. The topological polar surface area (TPSA) is 45.6 Å². The first-order valence-electron chi connectivity index (χ1n) is 5.58. The molecule has 0 bridgehead atoms. The van der Waals surface area contributed by atoms with Crippen LogP contribution in [0.1, 0.15) is 27.2 Å². The Morgan fingerprint density at radius 3 is 2.60 bits per heavy atom. The van der Waals surface area contributed by atoms with Crippen molar-refractivity contribution >= 4 is 5.96 Å². The Kier molecular flexibility index (Phi) is 3.97. The smallest absolute Gasteiger partial charge is 0.190 e. The molecule has 4 heteroatoms. The normalized spacial score (nSPS) is 29.5. The minimum Gasteiger partial charge on any atom is -0.378 e. The average molecular weight is 213 g/mol. The summed E-state index contributed by atoms with van der Waals surface area (Å²) in [5, 5.41) is 6.42. The zero-order valence-corrected chi connectivity index (χ0v) is 10.4. The van der Waals surface area contributed by atoms with E-state index in [0.717, 1.165) is 19.0 Å². The predicted molar refractivity (Wildman–Crippen MR) is 63.2 cm³/mol. The summed E-state index contributed by atoms with van der Waals surface area (Å²) in [4.78, 5) is 4.12. The van der Waals surface area contributed by atoms with Crippen LogP contribution >= 0.6 is 0 Å². The lowest BCUT2D eigenvalue weighted by atomic mass is 9.64. The summed E-state index contributed by atoms with van der Waals surface area (Å²) in [6.07, 6.45) is 1.43. The molecule has 1 aliphatic rings. The Balaban J connectivity index is 2.48. The van der Waals surface area contributed by atoms with Gasteiger partial charge in [0.25, 0.3) is 0 Å². The SMILES string of the molecule is CCOC1CC(NC(=NC)NC)C1(C)C. The number of guanidine groups is 1. The van der Waals surface area contributed by atoms with Gasteiger partial charge in [-0.25, -0.2) is 0 Å². The van der Waals surface area contributed by atoms with E-state index < -0.39 is 0 Å². The lowest BCUT2D eigenvalue weighted by Gasteiger charge is -2.51. The Hall–Kier alpha value is -0.770. The first-order valence-corrected chi connectivity index (χ1v) is 5.58. The minimum absolute atomic E-state index is 0.183. The fraction of sp³-hybridized carbons (Fsp3) is 0.909. The largest absolute Gasteiger partial charge is 0.378 e. The number of nitrogens with zero attached hydrogens (tertiary/aromatic N) is 1. The van der Waals surface area contributed by atoms with Gasteiger partial charge in [0.05, 0.1) is 6.10 Å². The van der Waals surface area contributed by atoms with Crippen LogP contribution in [0.25, 0.3) is 0 Å². The van der Waals surface area contributed by atoms with Gasteiger partial charge in [0.15, 0.2) is 5.96 Å². The molecule has 0 heterocycles. The van der Waals surface area contributed by atoms with Gasteiger partial charge < -0.3 is 15.4 Å². The average Bonchev–Trinajstić information content (AvgIpc) is 2.22. The van der Waals surface area contributed by atoms with Gasteiger partial charge in [-0.15, -0.1) is 0 Å². The summed E-state index contributed by atoms with van der Waals surface area (Å²) in [6.45, 7) is 7.31. The van der Waals surface area contributed by atoms with E-state index in [0.29, 0.717) is 12.1 Å². The van der Waals surface area contributed by atoms with Gasteiger partial charge in [-0.3, -0.25) is 4.99 Å². The maximum Gasteiger partial charge on any atom is 0.190 e. The molecule has 0 amide bonds. The van der Waals surface area contributed by atoms with Crippen LogP contribution in [0.2, 0.25) is 0 Å². The van der Waals surface area contributed by atoms with Crippen LogP contribution in [-0.2, 0) is 4.74 Å². The fourth-order valence-electron chi connectivity index (χ4n) is 2.03.